The second kappa shape index (κ2) is 7.86. The van der Waals surface area contributed by atoms with E-state index in [0.29, 0.717) is 18.8 Å². The number of thiophene rings is 1. The Morgan fingerprint density at radius 1 is 1.11 bits per heavy atom. The molecule has 0 atom stereocenters. The molecule has 0 bridgehead atoms. The van der Waals surface area contributed by atoms with E-state index in [0.717, 1.165) is 29.8 Å². The number of anilines is 1. The molecule has 2 N–H and O–H groups in total. The maximum absolute atomic E-state index is 12.8. The minimum atomic E-state index is -3.55. The number of aromatic amines is 1. The van der Waals surface area contributed by atoms with Gasteiger partial charge in [-0.2, -0.15) is 9.40 Å². The largest absolute Gasteiger partial charge is 0.321 e. The molecule has 0 radical (unpaired) electrons. The third kappa shape index (κ3) is 3.87. The van der Waals surface area contributed by atoms with E-state index >= 15 is 0 Å². The highest BCUT2D eigenvalue weighted by Gasteiger charge is 2.26. The van der Waals surface area contributed by atoms with Gasteiger partial charge in [0.15, 0.2) is 5.69 Å². The van der Waals surface area contributed by atoms with Crippen molar-refractivity contribution in [2.24, 2.45) is 0 Å². The number of hydrogen-bond acceptors (Lipinski definition) is 5. The second-order valence-corrected chi connectivity index (χ2v) is 9.48. The van der Waals surface area contributed by atoms with E-state index in [2.05, 4.69) is 15.5 Å². The van der Waals surface area contributed by atoms with Crippen molar-refractivity contribution < 1.29 is 13.2 Å². The van der Waals surface area contributed by atoms with E-state index in [1.165, 1.54) is 10.4 Å². The Labute approximate surface area is 167 Å². The van der Waals surface area contributed by atoms with Crippen molar-refractivity contribution in [3.05, 3.63) is 53.5 Å². The summed E-state index contributed by atoms with van der Waals surface area (Å²) in [5.41, 5.74) is 1.43. The summed E-state index contributed by atoms with van der Waals surface area (Å²) in [6, 6.07) is 11.9. The van der Waals surface area contributed by atoms with Crippen molar-refractivity contribution in [3.8, 4) is 10.6 Å². The minimum Gasteiger partial charge on any atom is -0.321 e. The molecule has 0 unspecified atom stereocenters. The summed E-state index contributed by atoms with van der Waals surface area (Å²) in [6.07, 6.45) is 2.81. The number of piperidine rings is 1. The van der Waals surface area contributed by atoms with Gasteiger partial charge in [0, 0.05) is 18.8 Å². The third-order valence-electron chi connectivity index (χ3n) is 4.64. The lowest BCUT2D eigenvalue weighted by atomic mass is 10.2. The van der Waals surface area contributed by atoms with E-state index in [-0.39, 0.29) is 10.6 Å². The van der Waals surface area contributed by atoms with Crippen LogP contribution in [0.3, 0.4) is 0 Å². The molecule has 7 nitrogen and oxygen atoms in total. The van der Waals surface area contributed by atoms with Crippen molar-refractivity contribution in [1.82, 2.24) is 14.5 Å². The molecule has 1 aliphatic heterocycles. The van der Waals surface area contributed by atoms with Crippen LogP contribution in [0.4, 0.5) is 5.69 Å². The van der Waals surface area contributed by atoms with Gasteiger partial charge >= 0.3 is 0 Å². The van der Waals surface area contributed by atoms with Crippen LogP contribution >= 0.6 is 11.3 Å². The first-order valence-electron chi connectivity index (χ1n) is 9.05. The van der Waals surface area contributed by atoms with E-state index in [9.17, 15) is 13.2 Å². The molecular weight excluding hydrogens is 396 g/mol. The highest BCUT2D eigenvalue weighted by atomic mass is 32.2. The van der Waals surface area contributed by atoms with Gasteiger partial charge in [0.1, 0.15) is 0 Å². The summed E-state index contributed by atoms with van der Waals surface area (Å²) in [4.78, 5) is 13.7. The van der Waals surface area contributed by atoms with Crippen LogP contribution in [0, 0.1) is 0 Å². The number of hydrogen-bond donors (Lipinski definition) is 2. The first-order valence-corrected chi connectivity index (χ1v) is 11.4. The summed E-state index contributed by atoms with van der Waals surface area (Å²) < 4.78 is 27.2. The molecule has 1 saturated heterocycles. The quantitative estimate of drug-likeness (QED) is 0.665. The second-order valence-electron chi connectivity index (χ2n) is 6.59. The first kappa shape index (κ1) is 18.9. The Hall–Kier alpha value is -2.49. The van der Waals surface area contributed by atoms with Crippen LogP contribution in [-0.2, 0) is 10.0 Å². The van der Waals surface area contributed by atoms with Crippen LogP contribution in [0.1, 0.15) is 29.8 Å². The van der Waals surface area contributed by atoms with Crippen LogP contribution < -0.4 is 5.32 Å². The molecule has 0 saturated carbocycles. The lowest BCUT2D eigenvalue weighted by molar-refractivity contribution is 0.102. The van der Waals surface area contributed by atoms with Crippen LogP contribution in [0.25, 0.3) is 10.6 Å². The minimum absolute atomic E-state index is 0.188. The maximum atomic E-state index is 12.8. The van der Waals surface area contributed by atoms with Gasteiger partial charge in [0.2, 0.25) is 10.0 Å². The zero-order valence-corrected chi connectivity index (χ0v) is 16.7. The number of H-pyrrole nitrogens is 1. The van der Waals surface area contributed by atoms with E-state index in [1.54, 1.807) is 35.6 Å². The number of carbonyl (C=O) groups is 1. The molecule has 4 rings (SSSR count). The van der Waals surface area contributed by atoms with Gasteiger partial charge in [0.05, 0.1) is 15.5 Å². The fourth-order valence-electron chi connectivity index (χ4n) is 3.18. The fourth-order valence-corrected chi connectivity index (χ4v) is 5.44. The first-order chi connectivity index (χ1) is 13.5. The monoisotopic (exact) mass is 416 g/mol. The van der Waals surface area contributed by atoms with Crippen molar-refractivity contribution in [3.63, 3.8) is 0 Å². The molecule has 3 heterocycles. The number of aromatic nitrogens is 2. The highest BCUT2D eigenvalue weighted by molar-refractivity contribution is 7.89. The van der Waals surface area contributed by atoms with Gasteiger partial charge in [0.25, 0.3) is 5.91 Å². The third-order valence-corrected chi connectivity index (χ3v) is 7.44. The van der Waals surface area contributed by atoms with Crippen LogP contribution in [0.2, 0.25) is 0 Å². The molecular formula is C19H20N4O3S2. The molecule has 0 spiro atoms. The number of nitrogens with zero attached hydrogens (tertiary/aromatic N) is 2. The Balaban J connectivity index is 1.51. The maximum Gasteiger partial charge on any atom is 0.276 e. The normalized spacial score (nSPS) is 15.4. The lowest BCUT2D eigenvalue weighted by Gasteiger charge is -2.26. The van der Waals surface area contributed by atoms with E-state index in [1.807, 2.05) is 17.5 Å². The molecule has 146 valence electrons. The zero-order valence-electron chi connectivity index (χ0n) is 15.1. The Bertz CT molecular complexity index is 1070. The Kier molecular flexibility index (Phi) is 5.29. The number of sulfonamides is 1. The molecule has 28 heavy (non-hydrogen) atoms. The molecule has 1 aromatic carbocycles. The van der Waals surface area contributed by atoms with Gasteiger partial charge in [-0.25, -0.2) is 8.42 Å². The van der Waals surface area contributed by atoms with Crippen LogP contribution in [0.5, 0.6) is 0 Å². The number of nitrogens with one attached hydrogen (secondary N) is 2. The summed E-state index contributed by atoms with van der Waals surface area (Å²) in [5, 5.41) is 11.6. The van der Waals surface area contributed by atoms with Gasteiger partial charge in [-0.1, -0.05) is 18.6 Å². The number of benzene rings is 1. The molecule has 1 fully saturated rings. The van der Waals surface area contributed by atoms with Gasteiger partial charge < -0.3 is 5.32 Å². The average molecular weight is 417 g/mol. The molecule has 3 aromatic rings. The number of rotatable bonds is 5. The lowest BCUT2D eigenvalue weighted by Crippen LogP contribution is -2.35. The summed E-state index contributed by atoms with van der Waals surface area (Å²) in [5.74, 6) is -0.397. The summed E-state index contributed by atoms with van der Waals surface area (Å²) in [7, 11) is -3.55. The molecule has 1 aliphatic rings. The SMILES string of the molecule is O=C(Nc1cccc(S(=O)(=O)N2CCCCC2)c1)c1cc(-c2cccs2)[nH]n1. The number of amides is 1. The van der Waals surface area contributed by atoms with E-state index < -0.39 is 15.9 Å². The number of carbonyl (C=O) groups excluding carboxylic acids is 1. The van der Waals surface area contributed by atoms with E-state index in [4.69, 9.17) is 0 Å². The van der Waals surface area contributed by atoms with Crippen LogP contribution in [-0.4, -0.2) is 41.9 Å². The predicted octanol–water partition coefficient (Wildman–Crippen LogP) is 3.57. The van der Waals surface area contributed by atoms with Gasteiger partial charge in [-0.15, -0.1) is 11.3 Å². The molecule has 1 amide bonds. The molecule has 2 aromatic heterocycles. The summed E-state index contributed by atoms with van der Waals surface area (Å²) >= 11 is 1.55. The predicted molar refractivity (Wildman–Crippen MR) is 109 cm³/mol. The van der Waals surface area contributed by atoms with Crippen molar-refractivity contribution in [2.75, 3.05) is 18.4 Å². The van der Waals surface area contributed by atoms with Crippen molar-refractivity contribution in [1.29, 1.82) is 0 Å². The topological polar surface area (TPSA) is 95.2 Å². The van der Waals surface area contributed by atoms with Crippen LogP contribution in [0.15, 0.2) is 52.7 Å². The fraction of sp³-hybridized carbons (Fsp3) is 0.263. The zero-order chi connectivity index (χ0) is 19.6. The van der Waals surface area contributed by atoms with Gasteiger partial charge in [-0.05, 0) is 48.6 Å². The summed E-state index contributed by atoms with van der Waals surface area (Å²) in [6.45, 7) is 1.08. The average Bonchev–Trinajstić information content (AvgIpc) is 3.40. The van der Waals surface area contributed by atoms with Crippen molar-refractivity contribution >= 4 is 33.0 Å². The highest BCUT2D eigenvalue weighted by Crippen LogP contribution is 2.25. The smallest absolute Gasteiger partial charge is 0.276 e. The Morgan fingerprint density at radius 2 is 1.93 bits per heavy atom. The molecule has 9 heteroatoms. The Morgan fingerprint density at radius 3 is 2.68 bits per heavy atom. The standard InChI is InChI=1S/C19H20N4O3S2/c24-19(17-13-16(21-22-17)18-8-5-11-27-18)20-14-6-4-7-15(12-14)28(25,26)23-9-2-1-3-10-23/h4-8,11-13H,1-3,9-10H2,(H,20,24)(H,21,22). The molecule has 0 aliphatic carbocycles. The van der Waals surface area contributed by atoms with Gasteiger partial charge in [-0.3, -0.25) is 9.89 Å². The van der Waals surface area contributed by atoms with Crippen molar-refractivity contribution in [2.45, 2.75) is 24.2 Å².